The van der Waals surface area contributed by atoms with Crippen LogP contribution in [0.4, 0.5) is 0 Å². The van der Waals surface area contributed by atoms with Crippen molar-refractivity contribution in [1.29, 1.82) is 0 Å². The van der Waals surface area contributed by atoms with Crippen molar-refractivity contribution in [2.45, 2.75) is 32.9 Å². The van der Waals surface area contributed by atoms with Gasteiger partial charge in [0.15, 0.2) is 0 Å². The number of hydrogen-bond donors (Lipinski definition) is 1. The maximum absolute atomic E-state index is 12.1. The van der Waals surface area contributed by atoms with E-state index in [1.165, 1.54) is 4.88 Å². The minimum atomic E-state index is -0.0781. The molecule has 2 aromatic rings. The van der Waals surface area contributed by atoms with Crippen LogP contribution >= 0.6 is 11.3 Å². The van der Waals surface area contributed by atoms with Crippen LogP contribution in [0.5, 0.6) is 0 Å². The van der Waals surface area contributed by atoms with Gasteiger partial charge in [0.2, 0.25) is 5.91 Å². The maximum atomic E-state index is 12.1. The zero-order valence-corrected chi connectivity index (χ0v) is 12.1. The minimum absolute atomic E-state index is 0.0781. The van der Waals surface area contributed by atoms with E-state index in [1.807, 2.05) is 32.2 Å². The summed E-state index contributed by atoms with van der Waals surface area (Å²) < 4.78 is 1.79. The van der Waals surface area contributed by atoms with E-state index in [-0.39, 0.29) is 17.9 Å². The number of carbonyl (C=O) groups excluding carboxylic acids is 1. The molecule has 0 spiro atoms. The van der Waals surface area contributed by atoms with E-state index in [0.717, 1.165) is 6.42 Å². The minimum Gasteiger partial charge on any atom is -0.353 e. The Labute approximate surface area is 117 Å². The summed E-state index contributed by atoms with van der Waals surface area (Å²) in [4.78, 5) is 13.4. The van der Waals surface area contributed by atoms with Crippen LogP contribution in [-0.4, -0.2) is 21.7 Å². The van der Waals surface area contributed by atoms with Gasteiger partial charge < -0.3 is 5.32 Å². The van der Waals surface area contributed by atoms with Crippen molar-refractivity contribution in [3.63, 3.8) is 0 Å². The lowest BCUT2D eigenvalue weighted by atomic mass is 10.1. The second-order valence-electron chi connectivity index (χ2n) is 4.82. The Morgan fingerprint density at radius 3 is 2.95 bits per heavy atom. The lowest BCUT2D eigenvalue weighted by molar-refractivity contribution is -0.125. The maximum Gasteiger partial charge on any atom is 0.224 e. The molecule has 0 saturated heterocycles. The topological polar surface area (TPSA) is 46.9 Å². The number of nitrogens with zero attached hydrogens (tertiary/aromatic N) is 2. The van der Waals surface area contributed by atoms with Crippen LogP contribution in [-0.2, 0) is 17.8 Å². The van der Waals surface area contributed by atoms with Crippen molar-refractivity contribution in [2.24, 2.45) is 5.92 Å². The van der Waals surface area contributed by atoms with Crippen molar-refractivity contribution in [3.05, 3.63) is 40.8 Å². The Morgan fingerprint density at radius 2 is 2.32 bits per heavy atom. The zero-order chi connectivity index (χ0) is 13.7. The molecule has 1 amide bonds. The van der Waals surface area contributed by atoms with Gasteiger partial charge in [-0.1, -0.05) is 13.0 Å². The average molecular weight is 277 g/mol. The first-order valence-electron chi connectivity index (χ1n) is 6.45. The summed E-state index contributed by atoms with van der Waals surface area (Å²) in [5, 5.41) is 9.23. The molecule has 0 aromatic carbocycles. The predicted octanol–water partition coefficient (Wildman–Crippen LogP) is 2.33. The fourth-order valence-electron chi connectivity index (χ4n) is 1.94. The van der Waals surface area contributed by atoms with Crippen LogP contribution in [0, 0.1) is 5.92 Å². The molecule has 0 fully saturated rings. The highest BCUT2D eigenvalue weighted by Crippen LogP contribution is 2.11. The zero-order valence-electron chi connectivity index (χ0n) is 11.2. The number of amides is 1. The Bertz CT molecular complexity index is 493. The third kappa shape index (κ3) is 4.21. The van der Waals surface area contributed by atoms with E-state index in [1.54, 1.807) is 22.2 Å². The van der Waals surface area contributed by atoms with E-state index in [9.17, 15) is 4.79 Å². The average Bonchev–Trinajstić information content (AvgIpc) is 3.01. The standard InChI is InChI=1S/C14H19N3OS/c1-11(10-17-7-4-6-15-17)14(18)16-12(2)9-13-5-3-8-19-13/h3-8,11-12H,9-10H2,1-2H3,(H,16,18)/t11-,12+/m1/s1. The lowest BCUT2D eigenvalue weighted by Gasteiger charge is -2.17. The number of thiophene rings is 1. The molecular weight excluding hydrogens is 258 g/mol. The van der Waals surface area contributed by atoms with Gasteiger partial charge in [0.1, 0.15) is 0 Å². The summed E-state index contributed by atoms with van der Waals surface area (Å²) in [6, 6.07) is 6.16. The highest BCUT2D eigenvalue weighted by atomic mass is 32.1. The molecule has 2 rings (SSSR count). The first-order valence-corrected chi connectivity index (χ1v) is 7.33. The number of hydrogen-bond acceptors (Lipinski definition) is 3. The second kappa shape index (κ2) is 6.52. The quantitative estimate of drug-likeness (QED) is 0.881. The molecule has 0 aliphatic carbocycles. The van der Waals surface area contributed by atoms with Gasteiger partial charge in [-0.2, -0.15) is 5.10 Å². The normalized spacial score (nSPS) is 14.0. The molecule has 0 radical (unpaired) electrons. The molecular formula is C14H19N3OS. The fraction of sp³-hybridized carbons (Fsp3) is 0.429. The SMILES string of the molecule is C[C@H](Cn1cccn1)C(=O)N[C@@H](C)Cc1cccs1. The highest BCUT2D eigenvalue weighted by Gasteiger charge is 2.16. The van der Waals surface area contributed by atoms with E-state index in [0.29, 0.717) is 6.54 Å². The monoisotopic (exact) mass is 277 g/mol. The summed E-state index contributed by atoms with van der Waals surface area (Å²) in [7, 11) is 0. The van der Waals surface area contributed by atoms with Crippen LogP contribution in [0.3, 0.4) is 0 Å². The van der Waals surface area contributed by atoms with E-state index >= 15 is 0 Å². The summed E-state index contributed by atoms with van der Waals surface area (Å²) >= 11 is 1.73. The molecule has 5 heteroatoms. The largest absolute Gasteiger partial charge is 0.353 e. The van der Waals surface area contributed by atoms with Crippen LogP contribution in [0.2, 0.25) is 0 Å². The third-order valence-electron chi connectivity index (χ3n) is 2.94. The number of carbonyl (C=O) groups is 1. The smallest absolute Gasteiger partial charge is 0.224 e. The van der Waals surface area contributed by atoms with Gasteiger partial charge in [0.25, 0.3) is 0 Å². The van der Waals surface area contributed by atoms with Crippen molar-refractivity contribution in [3.8, 4) is 0 Å². The van der Waals surface area contributed by atoms with E-state index in [2.05, 4.69) is 21.9 Å². The fourth-order valence-corrected chi connectivity index (χ4v) is 2.77. The molecule has 0 saturated carbocycles. The Balaban J connectivity index is 1.79. The molecule has 0 aliphatic heterocycles. The Hall–Kier alpha value is -1.62. The van der Waals surface area contributed by atoms with Crippen LogP contribution in [0.25, 0.3) is 0 Å². The first-order chi connectivity index (χ1) is 9.15. The molecule has 1 N–H and O–H groups in total. The number of rotatable bonds is 6. The van der Waals surface area contributed by atoms with Gasteiger partial charge in [0, 0.05) is 29.7 Å². The number of aromatic nitrogens is 2. The summed E-state index contributed by atoms with van der Waals surface area (Å²) in [5.41, 5.74) is 0. The lowest BCUT2D eigenvalue weighted by Crippen LogP contribution is -2.38. The first kappa shape index (κ1) is 13.8. The van der Waals surface area contributed by atoms with Crippen molar-refractivity contribution in [2.75, 3.05) is 0 Å². The predicted molar refractivity (Wildman–Crippen MR) is 77.0 cm³/mol. The summed E-state index contributed by atoms with van der Waals surface area (Å²) in [5.74, 6) is 0.00485. The molecule has 19 heavy (non-hydrogen) atoms. The van der Waals surface area contributed by atoms with Gasteiger partial charge in [-0.25, -0.2) is 0 Å². The second-order valence-corrected chi connectivity index (χ2v) is 5.85. The summed E-state index contributed by atoms with van der Waals surface area (Å²) in [6.07, 6.45) is 4.49. The molecule has 102 valence electrons. The Kier molecular flexibility index (Phi) is 4.74. The van der Waals surface area contributed by atoms with Crippen molar-refractivity contribution >= 4 is 17.2 Å². The molecule has 0 aliphatic rings. The van der Waals surface area contributed by atoms with Crippen LogP contribution in [0.1, 0.15) is 18.7 Å². The van der Waals surface area contributed by atoms with E-state index in [4.69, 9.17) is 0 Å². The van der Waals surface area contributed by atoms with Gasteiger partial charge in [-0.3, -0.25) is 9.48 Å². The molecule has 2 aromatic heterocycles. The Morgan fingerprint density at radius 1 is 1.47 bits per heavy atom. The van der Waals surface area contributed by atoms with Gasteiger partial charge in [-0.05, 0) is 24.4 Å². The summed E-state index contributed by atoms with van der Waals surface area (Å²) in [6.45, 7) is 4.58. The van der Waals surface area contributed by atoms with Crippen LogP contribution < -0.4 is 5.32 Å². The molecule has 2 heterocycles. The van der Waals surface area contributed by atoms with Gasteiger partial charge in [0.05, 0.1) is 12.5 Å². The molecule has 0 unspecified atom stereocenters. The molecule has 2 atom stereocenters. The molecule has 0 bridgehead atoms. The number of nitrogens with one attached hydrogen (secondary N) is 1. The third-order valence-corrected chi connectivity index (χ3v) is 3.84. The van der Waals surface area contributed by atoms with Crippen molar-refractivity contribution in [1.82, 2.24) is 15.1 Å². The van der Waals surface area contributed by atoms with Crippen molar-refractivity contribution < 1.29 is 4.79 Å². The highest BCUT2D eigenvalue weighted by molar-refractivity contribution is 7.09. The van der Waals surface area contributed by atoms with Gasteiger partial charge >= 0.3 is 0 Å². The van der Waals surface area contributed by atoms with Crippen LogP contribution in [0.15, 0.2) is 36.0 Å². The molecule has 4 nitrogen and oxygen atoms in total. The van der Waals surface area contributed by atoms with Gasteiger partial charge in [-0.15, -0.1) is 11.3 Å². The van der Waals surface area contributed by atoms with E-state index < -0.39 is 0 Å².